The zero-order valence-corrected chi connectivity index (χ0v) is 17.0. The van der Waals surface area contributed by atoms with Crippen molar-refractivity contribution in [3.63, 3.8) is 0 Å². The molecule has 0 aliphatic heterocycles. The van der Waals surface area contributed by atoms with Crippen LogP contribution < -0.4 is 10.5 Å². The van der Waals surface area contributed by atoms with E-state index in [1.165, 1.54) is 17.8 Å². The summed E-state index contributed by atoms with van der Waals surface area (Å²) in [6.45, 7) is 12.5. The van der Waals surface area contributed by atoms with Gasteiger partial charge in [-0.1, -0.05) is 40.7 Å². The summed E-state index contributed by atoms with van der Waals surface area (Å²) in [4.78, 5) is 2.00. The minimum Gasteiger partial charge on any atom is -0.494 e. The Labute approximate surface area is 148 Å². The number of hydrogen-bond acceptors (Lipinski definition) is 5. The Hall–Kier alpha value is -2.06. The minimum atomic E-state index is 0.130. The summed E-state index contributed by atoms with van der Waals surface area (Å²) in [7, 11) is 7.65. The van der Waals surface area contributed by atoms with Crippen molar-refractivity contribution in [1.29, 1.82) is 0 Å². The number of hydrogen-bond donors (Lipinski definition) is 3. The zero-order valence-electron chi connectivity index (χ0n) is 17.0. The maximum absolute atomic E-state index is 7.26. The smallest absolute Gasteiger partial charge is 0.152 e. The van der Waals surface area contributed by atoms with Crippen molar-refractivity contribution in [1.82, 2.24) is 4.90 Å². The molecule has 0 saturated carbocycles. The van der Waals surface area contributed by atoms with Gasteiger partial charge in [-0.3, -0.25) is 0 Å². The topological polar surface area (TPSA) is 79.0 Å². The maximum atomic E-state index is 7.26. The summed E-state index contributed by atoms with van der Waals surface area (Å²) >= 11 is 0. The molecule has 1 aromatic carbocycles. The number of nitrogens with two attached hydrogens (primary N) is 1. The van der Waals surface area contributed by atoms with E-state index in [-0.39, 0.29) is 5.41 Å². The Morgan fingerprint density at radius 2 is 1.42 bits per heavy atom. The molecule has 0 atom stereocenters. The molecule has 0 saturated heterocycles. The van der Waals surface area contributed by atoms with Crippen molar-refractivity contribution in [2.45, 2.75) is 47.0 Å². The van der Waals surface area contributed by atoms with Gasteiger partial charge in [-0.25, -0.2) is 0 Å². The average Bonchev–Trinajstić information content (AvgIpc) is 2.48. The Bertz CT molecular complexity index is 464. The predicted molar refractivity (Wildman–Crippen MR) is 103 cm³/mol. The molecule has 5 nitrogen and oxygen atoms in total. The van der Waals surface area contributed by atoms with E-state index in [9.17, 15) is 0 Å². The van der Waals surface area contributed by atoms with E-state index in [0.717, 1.165) is 17.0 Å². The first-order chi connectivity index (χ1) is 11.0. The van der Waals surface area contributed by atoms with Crippen LogP contribution in [0.25, 0.3) is 0 Å². The third-order valence-corrected chi connectivity index (χ3v) is 2.42. The Morgan fingerprint density at radius 1 is 1.04 bits per heavy atom. The van der Waals surface area contributed by atoms with Gasteiger partial charge in [-0.05, 0) is 50.7 Å². The monoisotopic (exact) mass is 340 g/mol. The number of nitrogen functional groups attached to an aromatic ring is 1. The first-order valence-corrected chi connectivity index (χ1v) is 7.84. The first-order valence-electron chi connectivity index (χ1n) is 7.84. The van der Waals surface area contributed by atoms with Crippen LogP contribution in [0, 0.1) is 19.1 Å². The fraction of sp³-hybridized carbons (Fsp3) is 0.579. The van der Waals surface area contributed by atoms with Gasteiger partial charge in [0.1, 0.15) is 5.75 Å². The SMILES string of the molecule is CC.CN(C)C.COc1c(C)cc(C(C)(C)C)cc1N.OC#CO. The second kappa shape index (κ2) is 14.5. The van der Waals surface area contributed by atoms with E-state index in [2.05, 4.69) is 26.8 Å². The van der Waals surface area contributed by atoms with Gasteiger partial charge in [-0.15, -0.1) is 0 Å². The standard InChI is InChI=1S/C12H19NO.C3H9N.C2H2O2.C2H6/c1-8-6-9(12(2,3)4)7-10(13)11(8)14-5;1-4(2)3;3-1-2-4;1-2/h6-7H,13H2,1-5H3;1-3H3;3-4H;1-2H3. The molecule has 0 heterocycles. The quantitative estimate of drug-likeness (QED) is 0.536. The lowest BCUT2D eigenvalue weighted by Crippen LogP contribution is -2.12. The molecule has 5 heteroatoms. The minimum absolute atomic E-state index is 0.130. The third-order valence-electron chi connectivity index (χ3n) is 2.42. The predicted octanol–water partition coefficient (Wildman–Crippen LogP) is 3.74. The lowest BCUT2D eigenvalue weighted by Gasteiger charge is -2.21. The van der Waals surface area contributed by atoms with E-state index < -0.39 is 0 Å². The van der Waals surface area contributed by atoms with Crippen LogP contribution in [-0.4, -0.2) is 43.4 Å². The Morgan fingerprint density at radius 3 is 1.62 bits per heavy atom. The molecule has 0 amide bonds. The van der Waals surface area contributed by atoms with Gasteiger partial charge in [0, 0.05) is 0 Å². The average molecular weight is 341 g/mol. The number of methoxy groups -OCH3 is 1. The molecule has 24 heavy (non-hydrogen) atoms. The maximum Gasteiger partial charge on any atom is 0.152 e. The molecule has 140 valence electrons. The number of rotatable bonds is 1. The fourth-order valence-electron chi connectivity index (χ4n) is 1.51. The van der Waals surface area contributed by atoms with Crippen LogP contribution >= 0.6 is 0 Å². The molecule has 1 aromatic rings. The van der Waals surface area contributed by atoms with Gasteiger partial charge in [-0.2, -0.15) is 0 Å². The summed E-state index contributed by atoms with van der Waals surface area (Å²) in [5.41, 5.74) is 9.09. The number of anilines is 1. The van der Waals surface area contributed by atoms with Crippen molar-refractivity contribution >= 4 is 5.69 Å². The normalized spacial score (nSPS) is 8.96. The third kappa shape index (κ3) is 13.6. The van der Waals surface area contributed by atoms with Crippen LogP contribution in [0.1, 0.15) is 45.7 Å². The van der Waals surface area contributed by atoms with Gasteiger partial charge in [0.15, 0.2) is 12.2 Å². The summed E-state index contributed by atoms with van der Waals surface area (Å²) in [6, 6.07) is 4.13. The highest BCUT2D eigenvalue weighted by molar-refractivity contribution is 5.59. The number of benzene rings is 1. The lowest BCUT2D eigenvalue weighted by atomic mass is 9.86. The van der Waals surface area contributed by atoms with Crippen LogP contribution in [0.2, 0.25) is 0 Å². The van der Waals surface area contributed by atoms with Gasteiger partial charge in [0.05, 0.1) is 12.8 Å². The van der Waals surface area contributed by atoms with Crippen LogP contribution in [0.5, 0.6) is 5.75 Å². The van der Waals surface area contributed by atoms with Gasteiger partial charge >= 0.3 is 0 Å². The van der Waals surface area contributed by atoms with Gasteiger partial charge in [0.25, 0.3) is 0 Å². The highest BCUT2D eigenvalue weighted by Crippen LogP contribution is 2.32. The second-order valence-corrected chi connectivity index (χ2v) is 6.23. The number of nitrogens with zero attached hydrogens (tertiary/aromatic N) is 1. The van der Waals surface area contributed by atoms with Crippen LogP contribution in [0.3, 0.4) is 0 Å². The van der Waals surface area contributed by atoms with Crippen molar-refractivity contribution < 1.29 is 14.9 Å². The zero-order chi connectivity index (χ0) is 19.9. The van der Waals surface area contributed by atoms with E-state index in [0.29, 0.717) is 0 Å². The largest absolute Gasteiger partial charge is 0.494 e. The molecule has 0 radical (unpaired) electrons. The molecule has 0 bridgehead atoms. The van der Waals surface area contributed by atoms with Gasteiger partial charge in [0.2, 0.25) is 0 Å². The molecule has 0 fully saturated rings. The summed E-state index contributed by atoms with van der Waals surface area (Å²) < 4.78 is 5.22. The van der Waals surface area contributed by atoms with E-state index >= 15 is 0 Å². The van der Waals surface area contributed by atoms with E-state index in [4.69, 9.17) is 20.7 Å². The number of aliphatic hydroxyl groups is 2. The Balaban J connectivity index is -0.000000367. The van der Waals surface area contributed by atoms with E-state index in [1.54, 1.807) is 7.11 Å². The van der Waals surface area contributed by atoms with Gasteiger partial charge < -0.3 is 25.6 Å². The highest BCUT2D eigenvalue weighted by atomic mass is 16.5. The summed E-state index contributed by atoms with van der Waals surface area (Å²) in [5, 5.41) is 14.5. The Kier molecular flexibility index (Phi) is 16.2. The molecule has 4 N–H and O–H groups in total. The highest BCUT2D eigenvalue weighted by Gasteiger charge is 2.16. The summed E-state index contributed by atoms with van der Waals surface area (Å²) in [6.07, 6.45) is 2.47. The van der Waals surface area contributed by atoms with Crippen LogP contribution in [-0.2, 0) is 5.41 Å². The van der Waals surface area contributed by atoms with Crippen LogP contribution in [0.4, 0.5) is 5.69 Å². The molecule has 0 spiro atoms. The van der Waals surface area contributed by atoms with E-state index in [1.807, 2.05) is 52.9 Å². The number of aliphatic hydroxyl groups excluding tert-OH is 2. The molecule has 0 aromatic heterocycles. The van der Waals surface area contributed by atoms with Crippen molar-refractivity contribution in [3.05, 3.63) is 23.3 Å². The first kappa shape index (κ1) is 26.8. The fourth-order valence-corrected chi connectivity index (χ4v) is 1.51. The molecule has 1 rings (SSSR count). The molecular formula is C19H36N2O3. The molecule has 0 aliphatic carbocycles. The molecule has 0 unspecified atom stereocenters. The summed E-state index contributed by atoms with van der Waals surface area (Å²) in [5.74, 6) is 0.790. The molecular weight excluding hydrogens is 304 g/mol. The second-order valence-electron chi connectivity index (χ2n) is 6.23. The number of ether oxygens (including phenoxy) is 1. The van der Waals surface area contributed by atoms with Crippen LogP contribution in [0.15, 0.2) is 12.1 Å². The molecule has 0 aliphatic rings. The van der Waals surface area contributed by atoms with Crippen molar-refractivity contribution in [2.24, 2.45) is 0 Å². The number of aryl methyl sites for hydroxylation is 1. The van der Waals surface area contributed by atoms with Crippen molar-refractivity contribution in [3.8, 4) is 18.0 Å². The lowest BCUT2D eigenvalue weighted by molar-refractivity contribution is 0.413. The van der Waals surface area contributed by atoms with Crippen molar-refractivity contribution in [2.75, 3.05) is 34.0 Å².